The summed E-state index contributed by atoms with van der Waals surface area (Å²) in [4.78, 5) is 0. The second-order valence-electron chi connectivity index (χ2n) is 4.40. The van der Waals surface area contributed by atoms with Crippen molar-refractivity contribution in [2.24, 2.45) is 0 Å². The van der Waals surface area contributed by atoms with Gasteiger partial charge in [-0.1, -0.05) is 13.8 Å². The molecule has 0 radical (unpaired) electrons. The van der Waals surface area contributed by atoms with Gasteiger partial charge in [0.1, 0.15) is 9.84 Å². The number of sulfone groups is 1. The first-order valence-corrected chi connectivity index (χ1v) is 8.30. The Morgan fingerprint density at radius 1 is 1.18 bits per heavy atom. The summed E-state index contributed by atoms with van der Waals surface area (Å²) in [7, 11) is -1.16. The molecule has 0 bridgehead atoms. The van der Waals surface area contributed by atoms with Crippen LogP contribution in [0.1, 0.15) is 39.5 Å². The Kier molecular flexibility index (Phi) is 9.78. The van der Waals surface area contributed by atoms with Gasteiger partial charge >= 0.3 is 0 Å². The number of hydrogen-bond donors (Lipinski definition) is 1. The number of methoxy groups -OCH3 is 1. The van der Waals surface area contributed by atoms with E-state index in [-0.39, 0.29) is 6.04 Å². The first kappa shape index (κ1) is 16.9. The molecule has 1 unspecified atom stereocenters. The third-order valence-corrected chi connectivity index (χ3v) is 4.51. The monoisotopic (exact) mass is 265 g/mol. The third kappa shape index (κ3) is 9.56. The van der Waals surface area contributed by atoms with Crippen molar-refractivity contribution in [2.45, 2.75) is 45.6 Å². The van der Waals surface area contributed by atoms with Crippen molar-refractivity contribution in [3.05, 3.63) is 0 Å². The van der Waals surface area contributed by atoms with Gasteiger partial charge in [0.05, 0.1) is 12.4 Å². The highest BCUT2D eigenvalue weighted by atomic mass is 32.2. The minimum Gasteiger partial charge on any atom is -0.383 e. The van der Waals surface area contributed by atoms with Crippen molar-refractivity contribution in [1.29, 1.82) is 0 Å². The lowest BCUT2D eigenvalue weighted by Crippen LogP contribution is -2.34. The quantitative estimate of drug-likeness (QED) is 0.616. The van der Waals surface area contributed by atoms with Gasteiger partial charge in [-0.15, -0.1) is 0 Å². The van der Waals surface area contributed by atoms with Crippen molar-refractivity contribution in [3.63, 3.8) is 0 Å². The predicted molar refractivity (Wildman–Crippen MR) is 72.1 cm³/mol. The minimum atomic E-state index is -2.83. The molecule has 0 fully saturated rings. The average Bonchev–Trinajstić information content (AvgIpc) is 2.25. The summed E-state index contributed by atoms with van der Waals surface area (Å²) in [5.74, 6) is 0.610. The first-order valence-electron chi connectivity index (χ1n) is 6.48. The van der Waals surface area contributed by atoms with E-state index in [1.54, 1.807) is 7.11 Å². The number of rotatable bonds is 11. The molecule has 0 heterocycles. The Morgan fingerprint density at radius 2 is 1.88 bits per heavy atom. The molecular formula is C12H27NO3S. The summed E-state index contributed by atoms with van der Waals surface area (Å²) in [5, 5.41) is 3.37. The number of hydrogen-bond acceptors (Lipinski definition) is 4. The molecule has 0 saturated carbocycles. The van der Waals surface area contributed by atoms with E-state index in [9.17, 15) is 8.42 Å². The summed E-state index contributed by atoms with van der Waals surface area (Å²) >= 11 is 0. The Morgan fingerprint density at radius 3 is 2.41 bits per heavy atom. The minimum absolute atomic E-state index is 0.275. The fourth-order valence-electron chi connectivity index (χ4n) is 1.76. The lowest BCUT2D eigenvalue weighted by Gasteiger charge is -2.17. The van der Waals surface area contributed by atoms with Crippen LogP contribution in [0.25, 0.3) is 0 Å². The number of ether oxygens (including phenoxy) is 1. The first-order chi connectivity index (χ1) is 8.05. The molecule has 0 spiro atoms. The third-order valence-electron chi connectivity index (χ3n) is 2.57. The predicted octanol–water partition coefficient (Wildman–Crippen LogP) is 1.61. The Balaban J connectivity index is 3.87. The van der Waals surface area contributed by atoms with Crippen LogP contribution in [-0.4, -0.2) is 46.2 Å². The molecule has 0 aromatic heterocycles. The van der Waals surface area contributed by atoms with Crippen molar-refractivity contribution in [1.82, 2.24) is 5.32 Å². The summed E-state index contributed by atoms with van der Waals surface area (Å²) in [5.41, 5.74) is 0. The molecule has 4 nitrogen and oxygen atoms in total. The van der Waals surface area contributed by atoms with Crippen LogP contribution in [0.3, 0.4) is 0 Å². The molecule has 0 aliphatic carbocycles. The largest absolute Gasteiger partial charge is 0.383 e. The molecule has 0 amide bonds. The Hall–Kier alpha value is -0.130. The molecule has 0 aliphatic heterocycles. The van der Waals surface area contributed by atoms with Gasteiger partial charge in [0.15, 0.2) is 0 Å². The second-order valence-corrected chi connectivity index (χ2v) is 6.70. The van der Waals surface area contributed by atoms with Crippen molar-refractivity contribution >= 4 is 9.84 Å². The highest BCUT2D eigenvalue weighted by molar-refractivity contribution is 7.91. The summed E-state index contributed by atoms with van der Waals surface area (Å²) in [6, 6.07) is 0.275. The molecule has 1 N–H and O–H groups in total. The molecule has 0 aromatic carbocycles. The van der Waals surface area contributed by atoms with Gasteiger partial charge < -0.3 is 10.1 Å². The van der Waals surface area contributed by atoms with Crippen LogP contribution in [-0.2, 0) is 14.6 Å². The maximum absolute atomic E-state index is 11.5. The van der Waals surface area contributed by atoms with Crippen LogP contribution < -0.4 is 5.32 Å². The maximum Gasteiger partial charge on any atom is 0.150 e. The average molecular weight is 265 g/mol. The normalized spacial score (nSPS) is 13.8. The second kappa shape index (κ2) is 9.85. The summed E-state index contributed by atoms with van der Waals surface area (Å²) in [6.07, 6.45) is 3.36. The van der Waals surface area contributed by atoms with Crippen LogP contribution >= 0.6 is 0 Å². The zero-order valence-electron chi connectivity index (χ0n) is 11.4. The highest BCUT2D eigenvalue weighted by Gasteiger charge is 2.12. The fraction of sp³-hybridized carbons (Fsp3) is 1.00. The maximum atomic E-state index is 11.5. The SMILES string of the molecule is CCCNC(CCCS(=O)(=O)CCC)COC. The van der Waals surface area contributed by atoms with Gasteiger partial charge in [0.2, 0.25) is 0 Å². The van der Waals surface area contributed by atoms with Crippen molar-refractivity contribution in [2.75, 3.05) is 31.8 Å². The summed E-state index contributed by atoms with van der Waals surface area (Å²) in [6.45, 7) is 5.61. The zero-order chi connectivity index (χ0) is 13.1. The zero-order valence-corrected chi connectivity index (χ0v) is 12.2. The topological polar surface area (TPSA) is 55.4 Å². The van der Waals surface area contributed by atoms with Gasteiger partial charge in [-0.3, -0.25) is 0 Å². The Bertz CT molecular complexity index is 265. The van der Waals surface area contributed by atoms with Gasteiger partial charge in [-0.25, -0.2) is 8.42 Å². The van der Waals surface area contributed by atoms with Gasteiger partial charge in [0.25, 0.3) is 0 Å². The van der Waals surface area contributed by atoms with E-state index in [2.05, 4.69) is 12.2 Å². The smallest absolute Gasteiger partial charge is 0.150 e. The highest BCUT2D eigenvalue weighted by Crippen LogP contribution is 2.03. The van der Waals surface area contributed by atoms with Gasteiger partial charge in [0, 0.05) is 18.9 Å². The molecule has 17 heavy (non-hydrogen) atoms. The molecule has 0 saturated heterocycles. The van der Waals surface area contributed by atoms with E-state index in [0.717, 1.165) is 19.4 Å². The van der Waals surface area contributed by atoms with E-state index in [0.29, 0.717) is 31.0 Å². The fourth-order valence-corrected chi connectivity index (χ4v) is 3.19. The molecule has 5 heteroatoms. The molecule has 0 rings (SSSR count). The molecular weight excluding hydrogens is 238 g/mol. The lowest BCUT2D eigenvalue weighted by molar-refractivity contribution is 0.162. The van der Waals surface area contributed by atoms with E-state index in [4.69, 9.17) is 4.74 Å². The van der Waals surface area contributed by atoms with Crippen LogP contribution in [0.5, 0.6) is 0 Å². The molecule has 104 valence electrons. The van der Waals surface area contributed by atoms with Crippen molar-refractivity contribution < 1.29 is 13.2 Å². The van der Waals surface area contributed by atoms with Crippen LogP contribution in [0.15, 0.2) is 0 Å². The van der Waals surface area contributed by atoms with Crippen molar-refractivity contribution in [3.8, 4) is 0 Å². The van der Waals surface area contributed by atoms with Crippen LogP contribution in [0, 0.1) is 0 Å². The molecule has 1 atom stereocenters. The van der Waals surface area contributed by atoms with E-state index >= 15 is 0 Å². The summed E-state index contributed by atoms with van der Waals surface area (Å²) < 4.78 is 28.2. The number of nitrogens with one attached hydrogen (secondary N) is 1. The van der Waals surface area contributed by atoms with E-state index in [1.807, 2.05) is 6.92 Å². The van der Waals surface area contributed by atoms with Gasteiger partial charge in [-0.2, -0.15) is 0 Å². The van der Waals surface area contributed by atoms with Gasteiger partial charge in [-0.05, 0) is 32.2 Å². The van der Waals surface area contributed by atoms with E-state index in [1.165, 1.54) is 0 Å². The Labute approximate surface area is 106 Å². The molecule has 0 aromatic rings. The van der Waals surface area contributed by atoms with E-state index < -0.39 is 9.84 Å². The van der Waals surface area contributed by atoms with Crippen LogP contribution in [0.2, 0.25) is 0 Å². The van der Waals surface area contributed by atoms with Crippen LogP contribution in [0.4, 0.5) is 0 Å². The molecule has 0 aliphatic rings. The lowest BCUT2D eigenvalue weighted by atomic mass is 10.2. The standard InChI is InChI=1S/C12H27NO3S/c1-4-8-13-12(11-16-3)7-6-10-17(14,15)9-5-2/h12-13H,4-11H2,1-3H3.